The summed E-state index contributed by atoms with van der Waals surface area (Å²) in [7, 11) is 1.84. The van der Waals surface area contributed by atoms with E-state index in [0.717, 1.165) is 52.7 Å². The number of pyridine rings is 1. The van der Waals surface area contributed by atoms with Crippen LogP contribution in [0.1, 0.15) is 39.3 Å². The molecule has 3 aromatic rings. The maximum absolute atomic E-state index is 13.2. The van der Waals surface area contributed by atoms with Gasteiger partial charge in [0.05, 0.1) is 16.6 Å². The molecule has 0 N–H and O–H groups in total. The SMILES string of the molecule is Cc1noc2nc3c(c(C(=O)N(C)Cc4ccccc4)c12)CCC3. The van der Waals surface area contributed by atoms with Gasteiger partial charge in [0.2, 0.25) is 0 Å². The third-order valence-corrected chi connectivity index (χ3v) is 4.64. The average Bonchev–Trinajstić information content (AvgIpc) is 3.20. The molecule has 122 valence electrons. The van der Waals surface area contributed by atoms with Crippen molar-refractivity contribution >= 4 is 17.0 Å². The molecule has 1 aliphatic rings. The van der Waals surface area contributed by atoms with Gasteiger partial charge in [0.25, 0.3) is 11.6 Å². The average molecular weight is 321 g/mol. The molecular formula is C19H19N3O2. The molecule has 24 heavy (non-hydrogen) atoms. The predicted molar refractivity (Wildman–Crippen MR) is 90.8 cm³/mol. The number of benzene rings is 1. The van der Waals surface area contributed by atoms with Crippen molar-refractivity contribution in [2.45, 2.75) is 32.7 Å². The van der Waals surface area contributed by atoms with Crippen LogP contribution < -0.4 is 0 Å². The molecule has 0 aliphatic heterocycles. The van der Waals surface area contributed by atoms with E-state index in [9.17, 15) is 4.79 Å². The number of carbonyl (C=O) groups excluding carboxylic acids is 1. The van der Waals surface area contributed by atoms with Crippen molar-refractivity contribution in [1.82, 2.24) is 15.0 Å². The lowest BCUT2D eigenvalue weighted by atomic mass is 10.0. The van der Waals surface area contributed by atoms with Gasteiger partial charge in [-0.3, -0.25) is 4.79 Å². The standard InChI is InChI=1S/C19H19N3O2/c1-12-16-17(14-9-6-10-15(14)20-18(16)24-21-12)19(23)22(2)11-13-7-4-3-5-8-13/h3-5,7-8H,6,9-11H2,1-2H3. The minimum atomic E-state index is 0.00991. The van der Waals surface area contributed by atoms with Crippen LogP contribution in [0.4, 0.5) is 0 Å². The van der Waals surface area contributed by atoms with Crippen LogP contribution in [-0.2, 0) is 19.4 Å². The van der Waals surface area contributed by atoms with Gasteiger partial charge in [0.15, 0.2) is 0 Å². The van der Waals surface area contributed by atoms with E-state index in [1.165, 1.54) is 0 Å². The Morgan fingerprint density at radius 1 is 1.25 bits per heavy atom. The molecule has 5 heteroatoms. The van der Waals surface area contributed by atoms with Gasteiger partial charge in [0.1, 0.15) is 0 Å². The Morgan fingerprint density at radius 3 is 2.83 bits per heavy atom. The van der Waals surface area contributed by atoms with Crippen molar-refractivity contribution in [3.8, 4) is 0 Å². The van der Waals surface area contributed by atoms with Crippen molar-refractivity contribution in [1.29, 1.82) is 0 Å². The number of nitrogens with zero attached hydrogens (tertiary/aromatic N) is 3. The van der Waals surface area contributed by atoms with E-state index in [1.54, 1.807) is 4.90 Å². The van der Waals surface area contributed by atoms with E-state index in [2.05, 4.69) is 10.1 Å². The Bertz CT molecular complexity index is 915. The molecule has 0 fully saturated rings. The van der Waals surface area contributed by atoms with E-state index in [0.29, 0.717) is 12.3 Å². The van der Waals surface area contributed by atoms with Crippen LogP contribution in [0, 0.1) is 6.92 Å². The summed E-state index contributed by atoms with van der Waals surface area (Å²) >= 11 is 0. The van der Waals surface area contributed by atoms with E-state index in [1.807, 2.05) is 44.3 Å². The van der Waals surface area contributed by atoms with Crippen molar-refractivity contribution in [2.24, 2.45) is 0 Å². The van der Waals surface area contributed by atoms with Crippen LogP contribution in [0.15, 0.2) is 34.9 Å². The number of carbonyl (C=O) groups is 1. The predicted octanol–water partition coefficient (Wildman–Crippen LogP) is 3.29. The van der Waals surface area contributed by atoms with Crippen molar-refractivity contribution in [3.63, 3.8) is 0 Å². The monoisotopic (exact) mass is 321 g/mol. The van der Waals surface area contributed by atoms with Crippen molar-refractivity contribution in [3.05, 3.63) is 58.4 Å². The fourth-order valence-corrected chi connectivity index (χ4v) is 3.47. The zero-order chi connectivity index (χ0) is 16.7. The van der Waals surface area contributed by atoms with Crippen LogP contribution in [0.3, 0.4) is 0 Å². The molecule has 0 atom stereocenters. The first kappa shape index (κ1) is 14.9. The molecule has 0 unspecified atom stereocenters. The number of amides is 1. The lowest BCUT2D eigenvalue weighted by Crippen LogP contribution is -2.27. The molecule has 4 rings (SSSR count). The Balaban J connectivity index is 1.78. The van der Waals surface area contributed by atoms with Crippen LogP contribution in [0.5, 0.6) is 0 Å². The molecule has 0 bridgehead atoms. The van der Waals surface area contributed by atoms with E-state index in [4.69, 9.17) is 4.52 Å². The smallest absolute Gasteiger partial charge is 0.259 e. The molecule has 0 saturated heterocycles. The first-order valence-corrected chi connectivity index (χ1v) is 8.22. The summed E-state index contributed by atoms with van der Waals surface area (Å²) in [6, 6.07) is 10.0. The Morgan fingerprint density at radius 2 is 2.04 bits per heavy atom. The van der Waals surface area contributed by atoms with Gasteiger partial charge in [-0.25, -0.2) is 4.98 Å². The van der Waals surface area contributed by atoms with Crippen LogP contribution >= 0.6 is 0 Å². The summed E-state index contributed by atoms with van der Waals surface area (Å²) in [5.74, 6) is 0.00991. The third kappa shape index (κ3) is 2.37. The minimum absolute atomic E-state index is 0.00991. The van der Waals surface area contributed by atoms with E-state index in [-0.39, 0.29) is 5.91 Å². The second-order valence-electron chi connectivity index (χ2n) is 6.36. The van der Waals surface area contributed by atoms with Gasteiger partial charge < -0.3 is 9.42 Å². The lowest BCUT2D eigenvalue weighted by molar-refractivity contribution is 0.0786. The van der Waals surface area contributed by atoms with Crippen molar-refractivity contribution in [2.75, 3.05) is 7.05 Å². The highest BCUT2D eigenvalue weighted by atomic mass is 16.5. The molecule has 2 aromatic heterocycles. The summed E-state index contributed by atoms with van der Waals surface area (Å²) in [5.41, 5.74) is 5.09. The number of hydrogen-bond donors (Lipinski definition) is 0. The van der Waals surface area contributed by atoms with Gasteiger partial charge in [0, 0.05) is 19.3 Å². The normalized spacial score (nSPS) is 13.2. The van der Waals surface area contributed by atoms with E-state index < -0.39 is 0 Å². The summed E-state index contributed by atoms with van der Waals surface area (Å²) in [6.45, 7) is 2.44. The number of rotatable bonds is 3. The van der Waals surface area contributed by atoms with E-state index >= 15 is 0 Å². The molecule has 1 amide bonds. The van der Waals surface area contributed by atoms with Crippen LogP contribution in [-0.4, -0.2) is 28.0 Å². The first-order chi connectivity index (χ1) is 11.6. The molecule has 2 heterocycles. The fraction of sp³-hybridized carbons (Fsp3) is 0.316. The third-order valence-electron chi connectivity index (χ3n) is 4.64. The van der Waals surface area contributed by atoms with Gasteiger partial charge in [-0.2, -0.15) is 0 Å². The highest BCUT2D eigenvalue weighted by Gasteiger charge is 2.28. The maximum Gasteiger partial charge on any atom is 0.259 e. The summed E-state index contributed by atoms with van der Waals surface area (Å²) in [5, 5.41) is 4.78. The molecule has 1 aliphatic carbocycles. The number of aryl methyl sites for hydroxylation is 2. The zero-order valence-corrected chi connectivity index (χ0v) is 13.9. The second kappa shape index (κ2) is 5.74. The van der Waals surface area contributed by atoms with Crippen LogP contribution in [0.25, 0.3) is 11.1 Å². The lowest BCUT2D eigenvalue weighted by Gasteiger charge is -2.19. The quantitative estimate of drug-likeness (QED) is 0.743. The molecular weight excluding hydrogens is 302 g/mol. The molecule has 0 saturated carbocycles. The molecule has 0 radical (unpaired) electrons. The first-order valence-electron chi connectivity index (χ1n) is 8.22. The Hall–Kier alpha value is -2.69. The van der Waals surface area contributed by atoms with Crippen molar-refractivity contribution < 1.29 is 9.32 Å². The number of aromatic nitrogens is 2. The Kier molecular flexibility index (Phi) is 3.56. The highest BCUT2D eigenvalue weighted by molar-refractivity contribution is 6.07. The molecule has 1 aromatic carbocycles. The fourth-order valence-electron chi connectivity index (χ4n) is 3.47. The van der Waals surface area contributed by atoms with Gasteiger partial charge in [-0.05, 0) is 37.3 Å². The van der Waals surface area contributed by atoms with Gasteiger partial charge in [-0.15, -0.1) is 0 Å². The summed E-state index contributed by atoms with van der Waals surface area (Å²) < 4.78 is 5.33. The minimum Gasteiger partial charge on any atom is -0.337 e. The topological polar surface area (TPSA) is 59.2 Å². The summed E-state index contributed by atoms with van der Waals surface area (Å²) in [4.78, 5) is 19.5. The second-order valence-corrected chi connectivity index (χ2v) is 6.36. The van der Waals surface area contributed by atoms with Gasteiger partial charge in [-0.1, -0.05) is 35.5 Å². The van der Waals surface area contributed by atoms with Gasteiger partial charge >= 0.3 is 0 Å². The number of fused-ring (bicyclic) bond motifs is 2. The Labute approximate surface area is 140 Å². The molecule has 5 nitrogen and oxygen atoms in total. The number of hydrogen-bond acceptors (Lipinski definition) is 4. The van der Waals surface area contributed by atoms with Crippen LogP contribution in [0.2, 0.25) is 0 Å². The largest absolute Gasteiger partial charge is 0.337 e. The molecule has 0 spiro atoms. The zero-order valence-electron chi connectivity index (χ0n) is 13.9. The highest BCUT2D eigenvalue weighted by Crippen LogP contribution is 2.32. The maximum atomic E-state index is 13.2. The summed E-state index contributed by atoms with van der Waals surface area (Å²) in [6.07, 6.45) is 2.82.